The van der Waals surface area contributed by atoms with Gasteiger partial charge in [-0.3, -0.25) is 4.79 Å². The smallest absolute Gasteiger partial charge is 0.267 e. The van der Waals surface area contributed by atoms with Gasteiger partial charge in [-0.25, -0.2) is 0 Å². The normalized spacial score (nSPS) is 15.6. The van der Waals surface area contributed by atoms with Gasteiger partial charge in [-0.2, -0.15) is 0 Å². The van der Waals surface area contributed by atoms with Gasteiger partial charge in [-0.1, -0.05) is 12.1 Å². The number of amides is 1. The molecule has 6 N–H and O–H groups in total. The van der Waals surface area contributed by atoms with E-state index >= 15 is 0 Å². The van der Waals surface area contributed by atoms with Crippen molar-refractivity contribution >= 4 is 16.8 Å². The summed E-state index contributed by atoms with van der Waals surface area (Å²) in [6.07, 6.45) is 2.44. The topological polar surface area (TPSA) is 118 Å². The largest absolute Gasteiger partial charge is 0.508 e. The molecule has 3 aromatic rings. The number of aliphatic hydroxyl groups is 2. The summed E-state index contributed by atoms with van der Waals surface area (Å²) in [5, 5.41) is 36.7. The minimum Gasteiger partial charge on any atom is -0.508 e. The maximum Gasteiger partial charge on any atom is 0.267 e. The number of aromatic hydroxyl groups is 1. The van der Waals surface area contributed by atoms with Crippen LogP contribution in [0.4, 0.5) is 0 Å². The minimum atomic E-state index is -0.743. The van der Waals surface area contributed by atoms with Crippen molar-refractivity contribution in [1.29, 1.82) is 0 Å². The molecule has 2 aromatic carbocycles. The summed E-state index contributed by atoms with van der Waals surface area (Å²) in [5.74, 6) is 0.610. The second kappa shape index (κ2) is 9.73. The highest BCUT2D eigenvalue weighted by atomic mass is 16.3. The summed E-state index contributed by atoms with van der Waals surface area (Å²) < 4.78 is 0. The Morgan fingerprint density at radius 2 is 2.00 bits per heavy atom. The molecule has 170 valence electrons. The van der Waals surface area contributed by atoms with E-state index in [9.17, 15) is 20.1 Å². The van der Waals surface area contributed by atoms with Crippen LogP contribution in [0, 0.1) is 5.92 Å². The van der Waals surface area contributed by atoms with Crippen LogP contribution in [0.5, 0.6) is 5.75 Å². The monoisotopic (exact) mass is 437 g/mol. The van der Waals surface area contributed by atoms with E-state index in [4.69, 9.17) is 0 Å². The number of hydrogen-bond donors (Lipinski definition) is 6. The van der Waals surface area contributed by atoms with Gasteiger partial charge in [-0.15, -0.1) is 0 Å². The molecule has 0 saturated heterocycles. The number of H-pyrrole nitrogens is 1. The molecule has 0 spiro atoms. The number of carbonyl (C=O) groups excluding carboxylic acids is 1. The number of phenols is 1. The Labute approximate surface area is 187 Å². The van der Waals surface area contributed by atoms with E-state index in [1.54, 1.807) is 12.1 Å². The summed E-state index contributed by atoms with van der Waals surface area (Å²) in [6.45, 7) is 2.89. The van der Waals surface area contributed by atoms with Crippen molar-refractivity contribution in [2.75, 3.05) is 13.1 Å². The van der Waals surface area contributed by atoms with Gasteiger partial charge in [0.05, 0.1) is 12.7 Å². The molecule has 7 nitrogen and oxygen atoms in total. The highest BCUT2D eigenvalue weighted by Crippen LogP contribution is 2.28. The van der Waals surface area contributed by atoms with Crippen molar-refractivity contribution in [3.8, 4) is 5.75 Å². The molecule has 1 fully saturated rings. The summed E-state index contributed by atoms with van der Waals surface area (Å²) in [5.41, 5.74) is 3.71. The zero-order valence-electron chi connectivity index (χ0n) is 18.3. The lowest BCUT2D eigenvalue weighted by Crippen LogP contribution is -2.32. The summed E-state index contributed by atoms with van der Waals surface area (Å²) in [4.78, 5) is 15.5. The fourth-order valence-corrected chi connectivity index (χ4v) is 3.88. The lowest BCUT2D eigenvalue weighted by molar-refractivity contribution is 0.0947. The molecule has 7 heteroatoms. The number of nitrogens with one attached hydrogen (secondary N) is 3. The van der Waals surface area contributed by atoms with E-state index in [0.717, 1.165) is 29.4 Å². The third kappa shape index (κ3) is 5.48. The van der Waals surface area contributed by atoms with Crippen LogP contribution in [0.2, 0.25) is 0 Å². The molecule has 1 saturated carbocycles. The molecule has 1 aliphatic rings. The van der Waals surface area contributed by atoms with Crippen LogP contribution >= 0.6 is 0 Å². The van der Waals surface area contributed by atoms with Gasteiger partial charge in [-0.05, 0) is 73.6 Å². The average molecular weight is 438 g/mol. The van der Waals surface area contributed by atoms with Crippen LogP contribution in [0.3, 0.4) is 0 Å². The first-order valence-corrected chi connectivity index (χ1v) is 11.2. The Balaban J connectivity index is 1.32. The van der Waals surface area contributed by atoms with E-state index in [-0.39, 0.29) is 24.3 Å². The van der Waals surface area contributed by atoms with Crippen LogP contribution in [0.15, 0.2) is 42.5 Å². The number of rotatable bonds is 10. The molecule has 2 atom stereocenters. The Kier molecular flexibility index (Phi) is 6.79. The van der Waals surface area contributed by atoms with Crippen LogP contribution in [-0.2, 0) is 13.0 Å². The molecule has 1 heterocycles. The molecular formula is C25H31N3O4. The van der Waals surface area contributed by atoms with Gasteiger partial charge < -0.3 is 30.9 Å². The maximum absolute atomic E-state index is 12.3. The lowest BCUT2D eigenvalue weighted by atomic mass is 10.0. The Bertz CT molecular complexity index is 1090. The van der Waals surface area contributed by atoms with E-state index in [1.807, 2.05) is 18.2 Å². The molecule has 1 aromatic heterocycles. The molecule has 1 aliphatic carbocycles. The number of hydrogen-bond acceptors (Lipinski definition) is 5. The van der Waals surface area contributed by atoms with Gasteiger partial charge in [0.2, 0.25) is 0 Å². The van der Waals surface area contributed by atoms with Crippen LogP contribution in [0.1, 0.15) is 53.0 Å². The van der Waals surface area contributed by atoms with E-state index < -0.39 is 6.10 Å². The fourth-order valence-electron chi connectivity index (χ4n) is 3.88. The number of fused-ring (bicyclic) bond motifs is 1. The third-order valence-corrected chi connectivity index (χ3v) is 6.04. The number of carbonyl (C=O) groups is 1. The zero-order valence-corrected chi connectivity index (χ0v) is 18.3. The van der Waals surface area contributed by atoms with Crippen LogP contribution in [-0.4, -0.2) is 45.3 Å². The first-order chi connectivity index (χ1) is 15.4. The van der Waals surface area contributed by atoms with Crippen LogP contribution < -0.4 is 10.6 Å². The van der Waals surface area contributed by atoms with Crippen molar-refractivity contribution in [2.24, 2.45) is 5.92 Å². The average Bonchev–Trinajstić information content (AvgIpc) is 3.52. The van der Waals surface area contributed by atoms with Gasteiger partial charge in [0.15, 0.2) is 0 Å². The predicted octanol–water partition coefficient (Wildman–Crippen LogP) is 2.76. The molecule has 0 aliphatic heterocycles. The van der Waals surface area contributed by atoms with Crippen molar-refractivity contribution < 1.29 is 20.1 Å². The summed E-state index contributed by atoms with van der Waals surface area (Å²) in [7, 11) is 0. The highest BCUT2D eigenvalue weighted by Gasteiger charge is 2.22. The van der Waals surface area contributed by atoms with Crippen LogP contribution in [0.25, 0.3) is 10.9 Å². The fraction of sp³-hybridized carbons (Fsp3) is 0.400. The predicted molar refractivity (Wildman–Crippen MR) is 124 cm³/mol. The van der Waals surface area contributed by atoms with Gasteiger partial charge >= 0.3 is 0 Å². The zero-order chi connectivity index (χ0) is 22.7. The maximum atomic E-state index is 12.3. The first-order valence-electron chi connectivity index (χ1n) is 11.2. The number of aromatic nitrogens is 1. The standard InChI is InChI=1S/C25H31N3O4/c1-15(26-13-24(31)18-5-7-23(30)20(10-18)14-29)8-17-4-6-21-19(9-17)11-22(28-21)25(32)27-12-16-2-3-16/h4-7,9-11,15-16,24,26,28-31H,2-3,8,12-14H2,1H3,(H,27,32)/t15-,24+/m1/s1. The van der Waals surface area contributed by atoms with E-state index in [0.29, 0.717) is 29.3 Å². The molecule has 0 unspecified atom stereocenters. The molecule has 32 heavy (non-hydrogen) atoms. The van der Waals surface area contributed by atoms with Gasteiger partial charge in [0, 0.05) is 35.6 Å². The Morgan fingerprint density at radius 3 is 2.75 bits per heavy atom. The number of benzene rings is 2. The third-order valence-electron chi connectivity index (χ3n) is 6.04. The first kappa shape index (κ1) is 22.3. The molecule has 4 rings (SSSR count). The van der Waals surface area contributed by atoms with Crippen molar-refractivity contribution in [1.82, 2.24) is 15.6 Å². The highest BCUT2D eigenvalue weighted by molar-refractivity contribution is 5.98. The van der Waals surface area contributed by atoms with E-state index in [2.05, 4.69) is 28.6 Å². The quantitative estimate of drug-likeness (QED) is 0.292. The van der Waals surface area contributed by atoms with Gasteiger partial charge in [0.1, 0.15) is 11.4 Å². The van der Waals surface area contributed by atoms with E-state index in [1.165, 1.54) is 18.9 Å². The van der Waals surface area contributed by atoms with Crippen molar-refractivity contribution in [3.63, 3.8) is 0 Å². The Morgan fingerprint density at radius 1 is 1.19 bits per heavy atom. The SMILES string of the molecule is C[C@H](Cc1ccc2[nH]c(C(=O)NCC3CC3)cc2c1)NC[C@H](O)c1ccc(O)c(CO)c1. The summed E-state index contributed by atoms with van der Waals surface area (Å²) in [6, 6.07) is 12.9. The number of aliphatic hydroxyl groups excluding tert-OH is 2. The molecule has 0 bridgehead atoms. The van der Waals surface area contributed by atoms with Crippen molar-refractivity contribution in [2.45, 2.75) is 44.9 Å². The van der Waals surface area contributed by atoms with Gasteiger partial charge in [0.25, 0.3) is 5.91 Å². The molecular weight excluding hydrogens is 406 g/mol. The Hall–Kier alpha value is -2.87. The number of aromatic amines is 1. The molecule has 0 radical (unpaired) electrons. The van der Waals surface area contributed by atoms with Crippen molar-refractivity contribution in [3.05, 3.63) is 64.8 Å². The molecule has 1 amide bonds. The minimum absolute atomic E-state index is 0.0217. The summed E-state index contributed by atoms with van der Waals surface area (Å²) >= 11 is 0. The lowest BCUT2D eigenvalue weighted by Gasteiger charge is -2.18. The second-order valence-corrected chi connectivity index (χ2v) is 8.83. The second-order valence-electron chi connectivity index (χ2n) is 8.83.